The highest BCUT2D eigenvalue weighted by atomic mass is 16.7. The molecule has 18 heteroatoms. The number of hydrogen-bond acceptors (Lipinski definition) is 12. The van der Waals surface area contributed by atoms with Gasteiger partial charge >= 0.3 is 7.12 Å². The first kappa shape index (κ1) is 47.8. The highest BCUT2D eigenvalue weighted by Crippen LogP contribution is 2.58. The van der Waals surface area contributed by atoms with E-state index in [-0.39, 0.29) is 76.5 Å². The van der Waals surface area contributed by atoms with Gasteiger partial charge in [-0.1, -0.05) is 58.0 Å². The van der Waals surface area contributed by atoms with Gasteiger partial charge in [0.05, 0.1) is 29.4 Å². The lowest BCUT2D eigenvalue weighted by Crippen LogP contribution is -2.59. The summed E-state index contributed by atoms with van der Waals surface area (Å²) >= 11 is 0. The van der Waals surface area contributed by atoms with Gasteiger partial charge in [0.25, 0.3) is 17.7 Å². The van der Waals surface area contributed by atoms with E-state index >= 15 is 0 Å². The third-order valence-corrected chi connectivity index (χ3v) is 13.5. The Hall–Kier alpha value is -6.66. The molecule has 9 rings (SSSR count). The van der Waals surface area contributed by atoms with Crippen molar-refractivity contribution in [3.05, 3.63) is 114 Å². The van der Waals surface area contributed by atoms with Gasteiger partial charge in [0.2, 0.25) is 11.7 Å². The van der Waals surface area contributed by atoms with Crippen molar-refractivity contribution in [1.82, 2.24) is 45.6 Å². The Kier molecular flexibility index (Phi) is 14.3. The average molecular weight is 926 g/mol. The van der Waals surface area contributed by atoms with Gasteiger partial charge < -0.3 is 40.4 Å². The number of aromatic nitrogens is 5. The van der Waals surface area contributed by atoms with Crippen LogP contribution in [0.5, 0.6) is 11.5 Å². The van der Waals surface area contributed by atoms with Crippen LogP contribution in [0.25, 0.3) is 17.1 Å². The van der Waals surface area contributed by atoms with Crippen LogP contribution in [0.15, 0.2) is 85.3 Å². The molecule has 5 N–H and O–H groups in total. The maximum atomic E-state index is 14.3. The lowest BCUT2D eigenvalue weighted by molar-refractivity contribution is -0.131. The van der Waals surface area contributed by atoms with E-state index in [1.807, 2.05) is 44.2 Å². The van der Waals surface area contributed by atoms with Crippen molar-refractivity contribution in [2.24, 2.45) is 17.8 Å². The van der Waals surface area contributed by atoms with Crippen molar-refractivity contribution in [2.45, 2.75) is 103 Å². The van der Waals surface area contributed by atoms with Gasteiger partial charge in [-0.3, -0.25) is 28.7 Å². The number of hydrogen-bond donors (Lipinski definition) is 5. The number of phenols is 2. The van der Waals surface area contributed by atoms with E-state index in [1.54, 1.807) is 49.2 Å². The molecule has 0 spiro atoms. The molecule has 17 nitrogen and oxygen atoms in total. The van der Waals surface area contributed by atoms with Crippen LogP contribution in [0.4, 0.5) is 0 Å². The highest BCUT2D eigenvalue weighted by molar-refractivity contribution is 6.48. The molecule has 356 valence electrons. The van der Waals surface area contributed by atoms with E-state index in [2.05, 4.69) is 50.0 Å². The van der Waals surface area contributed by atoms with E-state index in [1.165, 1.54) is 29.2 Å². The molecule has 4 fully saturated rings. The standard InChI is InChI=1S/C50H60BN9O8/c1-7-53-48(65)45-58-57-44(37-26-36(30(4)5)40(61)27-41(37)62)60(45)35-15-13-33(14-16-35)49(66)59(6)20-17-50-34-22-32(23-34)25-42(50)67-51(68-50)43(21-29(2)3)56-46(63)38(24-31-11-9-8-10-12-31)55-47(64)39-28-52-18-19-54-39/h8-16,18-19,26-30,32,34,38,42-43,61-62H,7,17,20-25H2,1-6H3,(H,53,65)(H,55,64)(H,56,63)/t32?,34?,38-,42-,43-,50+/m0/s1. The van der Waals surface area contributed by atoms with Crippen LogP contribution in [-0.4, -0.2) is 114 Å². The van der Waals surface area contributed by atoms with Gasteiger partial charge in [0.15, 0.2) is 5.82 Å². The molecule has 0 radical (unpaired) electrons. The van der Waals surface area contributed by atoms with Gasteiger partial charge in [-0.05, 0) is 104 Å². The molecule has 3 heterocycles. The van der Waals surface area contributed by atoms with Crippen LogP contribution in [0, 0.1) is 17.8 Å². The van der Waals surface area contributed by atoms with Crippen LogP contribution in [0.3, 0.4) is 0 Å². The predicted molar refractivity (Wildman–Crippen MR) is 254 cm³/mol. The van der Waals surface area contributed by atoms with Crippen LogP contribution in [-0.2, 0) is 20.5 Å². The largest absolute Gasteiger partial charge is 0.508 e. The summed E-state index contributed by atoms with van der Waals surface area (Å²) in [6, 6.07) is 18.2. The molecule has 2 bridgehead atoms. The summed E-state index contributed by atoms with van der Waals surface area (Å²) < 4.78 is 15.4. The summed E-state index contributed by atoms with van der Waals surface area (Å²) in [5.74, 6) is -1.35. The normalized spacial score (nSPS) is 20.3. The zero-order valence-electron chi connectivity index (χ0n) is 39.4. The first-order chi connectivity index (χ1) is 32.6. The van der Waals surface area contributed by atoms with Gasteiger partial charge in [-0.15, -0.1) is 10.2 Å². The monoisotopic (exact) mass is 925 g/mol. The minimum atomic E-state index is -0.924. The summed E-state index contributed by atoms with van der Waals surface area (Å²) in [4.78, 5) is 64.8. The van der Waals surface area contributed by atoms with E-state index in [0.29, 0.717) is 48.7 Å². The zero-order valence-corrected chi connectivity index (χ0v) is 39.4. The molecular weight excluding hydrogens is 865 g/mol. The summed E-state index contributed by atoms with van der Waals surface area (Å²) in [6.45, 7) is 10.5. The number of carbonyl (C=O) groups excluding carboxylic acids is 4. The average Bonchev–Trinajstić information content (AvgIpc) is 3.94. The van der Waals surface area contributed by atoms with E-state index < -0.39 is 36.5 Å². The number of phenolic OH excluding ortho intramolecular Hbond substituents is 2. The van der Waals surface area contributed by atoms with Crippen LogP contribution in [0.2, 0.25) is 0 Å². The number of benzene rings is 3. The van der Waals surface area contributed by atoms with Crippen LogP contribution in [0.1, 0.15) is 115 Å². The lowest BCUT2D eigenvalue weighted by atomic mass is 9.55. The molecule has 3 aromatic carbocycles. The Labute approximate surface area is 396 Å². The van der Waals surface area contributed by atoms with Gasteiger partial charge in [0, 0.05) is 56.3 Å². The number of nitrogens with one attached hydrogen (secondary N) is 3. The Morgan fingerprint density at radius 3 is 2.35 bits per heavy atom. The number of nitrogens with zero attached hydrogens (tertiary/aromatic N) is 6. The van der Waals surface area contributed by atoms with E-state index in [9.17, 15) is 29.4 Å². The first-order valence-corrected chi connectivity index (χ1v) is 23.6. The molecule has 4 amide bonds. The summed E-state index contributed by atoms with van der Waals surface area (Å²) in [7, 11) is 1.01. The Morgan fingerprint density at radius 2 is 1.68 bits per heavy atom. The summed E-state index contributed by atoms with van der Waals surface area (Å²) in [5, 5.41) is 38.9. The van der Waals surface area contributed by atoms with Crippen molar-refractivity contribution >= 4 is 30.7 Å². The second-order valence-corrected chi connectivity index (χ2v) is 19.0. The van der Waals surface area contributed by atoms with Gasteiger partial charge in [-0.2, -0.15) is 0 Å². The van der Waals surface area contributed by atoms with Crippen molar-refractivity contribution in [2.75, 3.05) is 20.1 Å². The van der Waals surface area contributed by atoms with Gasteiger partial charge in [0.1, 0.15) is 23.2 Å². The van der Waals surface area contributed by atoms with E-state index in [4.69, 9.17) is 9.31 Å². The summed E-state index contributed by atoms with van der Waals surface area (Å²) in [5.41, 5.74) is 2.08. The quantitative estimate of drug-likeness (QED) is 0.0673. The van der Waals surface area contributed by atoms with Crippen molar-refractivity contribution < 1.29 is 38.7 Å². The fraction of sp³-hybridized carbons (Fsp3) is 0.440. The Balaban J connectivity index is 0.988. The Morgan fingerprint density at radius 1 is 0.926 bits per heavy atom. The molecule has 4 atom stereocenters. The molecule has 68 heavy (non-hydrogen) atoms. The van der Waals surface area contributed by atoms with Crippen LogP contribution >= 0.6 is 0 Å². The third kappa shape index (κ3) is 9.97. The Bertz CT molecular complexity index is 2610. The van der Waals surface area contributed by atoms with Crippen molar-refractivity contribution in [3.8, 4) is 28.6 Å². The van der Waals surface area contributed by atoms with Gasteiger partial charge in [-0.25, -0.2) is 4.98 Å². The molecule has 3 saturated carbocycles. The topological polar surface area (TPSA) is 223 Å². The smallest absolute Gasteiger partial charge is 0.481 e. The molecule has 1 saturated heterocycles. The van der Waals surface area contributed by atoms with E-state index in [0.717, 1.165) is 24.8 Å². The minimum absolute atomic E-state index is 0.0134. The fourth-order valence-electron chi connectivity index (χ4n) is 9.92. The zero-order chi connectivity index (χ0) is 48.3. The minimum Gasteiger partial charge on any atom is -0.508 e. The fourth-order valence-corrected chi connectivity index (χ4v) is 9.92. The molecule has 5 aromatic rings. The molecule has 2 aromatic heterocycles. The molecular formula is C50H60BN9O8. The second kappa shape index (κ2) is 20.3. The van der Waals surface area contributed by atoms with Crippen molar-refractivity contribution in [1.29, 1.82) is 0 Å². The number of carbonyl (C=O) groups is 4. The highest BCUT2D eigenvalue weighted by Gasteiger charge is 2.64. The predicted octanol–water partition coefficient (Wildman–Crippen LogP) is 5.65. The maximum Gasteiger partial charge on any atom is 0.481 e. The lowest BCUT2D eigenvalue weighted by Gasteiger charge is -2.55. The molecule has 3 aliphatic carbocycles. The number of amides is 4. The number of aromatic hydroxyl groups is 2. The summed E-state index contributed by atoms with van der Waals surface area (Å²) in [6.07, 6.45) is 8.21. The third-order valence-electron chi connectivity index (χ3n) is 13.5. The molecule has 4 aliphatic rings. The SMILES string of the molecule is CCNC(=O)c1nnc(-c2cc(C(C)C)c(O)cc2O)n1-c1ccc(C(=O)N(C)CC[C@]23OB([C@H](CC(C)C)NC(=O)[C@H](Cc4ccccc4)NC(=O)c4cnccn4)O[C@H]2CC2CC3C2)cc1. The maximum absolute atomic E-state index is 14.3. The second-order valence-electron chi connectivity index (χ2n) is 19.0. The number of rotatable bonds is 18. The van der Waals surface area contributed by atoms with Crippen molar-refractivity contribution in [3.63, 3.8) is 0 Å². The van der Waals surface area contributed by atoms with Crippen LogP contribution < -0.4 is 16.0 Å². The first-order valence-electron chi connectivity index (χ1n) is 23.6. The molecule has 0 unspecified atom stereocenters. The molecule has 1 aliphatic heterocycles.